The number of benzene rings is 2. The molecule has 2 atom stereocenters. The number of hydrogen-bond donors (Lipinski definition) is 2. The SMILES string of the molecule is COc1ccc2c(c1)OC1(CCN(C[C@@H](O)c3ccc(Cl)c(Cl)c3)CC1)C[C@H]2O. The van der Waals surface area contributed by atoms with E-state index in [2.05, 4.69) is 4.90 Å². The second-order valence-corrected chi connectivity index (χ2v) is 8.71. The Morgan fingerprint density at radius 3 is 2.62 bits per heavy atom. The second kappa shape index (κ2) is 8.32. The molecule has 1 fully saturated rings. The normalized spacial score (nSPS) is 22.0. The van der Waals surface area contributed by atoms with Gasteiger partial charge >= 0.3 is 0 Å². The van der Waals surface area contributed by atoms with E-state index in [1.807, 2.05) is 18.2 Å². The lowest BCUT2D eigenvalue weighted by Gasteiger charge is -2.46. The van der Waals surface area contributed by atoms with Crippen LogP contribution >= 0.6 is 23.2 Å². The third-order valence-electron chi connectivity index (χ3n) is 6.00. The molecule has 0 saturated carbocycles. The van der Waals surface area contributed by atoms with Crippen molar-refractivity contribution in [2.45, 2.75) is 37.1 Å². The van der Waals surface area contributed by atoms with Crippen LogP contribution in [0.3, 0.4) is 0 Å². The van der Waals surface area contributed by atoms with Gasteiger partial charge in [0.25, 0.3) is 0 Å². The first-order valence-electron chi connectivity index (χ1n) is 9.79. The van der Waals surface area contributed by atoms with E-state index in [0.29, 0.717) is 28.8 Å². The molecule has 0 aliphatic carbocycles. The molecule has 1 spiro atoms. The van der Waals surface area contributed by atoms with Crippen molar-refractivity contribution in [1.29, 1.82) is 0 Å². The molecule has 0 radical (unpaired) electrons. The van der Waals surface area contributed by atoms with Gasteiger partial charge in [-0.1, -0.05) is 29.3 Å². The van der Waals surface area contributed by atoms with Gasteiger partial charge in [0.05, 0.1) is 29.4 Å². The predicted molar refractivity (Wildman–Crippen MR) is 113 cm³/mol. The molecule has 2 N–H and O–H groups in total. The summed E-state index contributed by atoms with van der Waals surface area (Å²) in [4.78, 5) is 2.22. The molecule has 2 aliphatic rings. The fourth-order valence-corrected chi connectivity index (χ4v) is 4.57. The lowest BCUT2D eigenvalue weighted by molar-refractivity contribution is -0.0588. The fraction of sp³-hybridized carbons (Fsp3) is 0.455. The minimum absolute atomic E-state index is 0.385. The average molecular weight is 438 g/mol. The maximum Gasteiger partial charge on any atom is 0.129 e. The topological polar surface area (TPSA) is 62.2 Å². The molecular formula is C22H25Cl2NO4. The van der Waals surface area contributed by atoms with Gasteiger partial charge in [-0.25, -0.2) is 0 Å². The van der Waals surface area contributed by atoms with E-state index in [1.165, 1.54) is 0 Å². The van der Waals surface area contributed by atoms with Crippen molar-refractivity contribution in [3.8, 4) is 11.5 Å². The van der Waals surface area contributed by atoms with Crippen LogP contribution in [0, 0.1) is 0 Å². The summed E-state index contributed by atoms with van der Waals surface area (Å²) in [5, 5.41) is 22.2. The first-order valence-corrected chi connectivity index (χ1v) is 10.6. The van der Waals surface area contributed by atoms with Crippen molar-refractivity contribution < 1.29 is 19.7 Å². The van der Waals surface area contributed by atoms with Gasteiger partial charge in [-0.15, -0.1) is 0 Å². The Labute approximate surface area is 180 Å². The number of nitrogens with zero attached hydrogens (tertiary/aromatic N) is 1. The van der Waals surface area contributed by atoms with Crippen molar-refractivity contribution in [3.05, 3.63) is 57.6 Å². The smallest absolute Gasteiger partial charge is 0.129 e. The largest absolute Gasteiger partial charge is 0.497 e. The number of methoxy groups -OCH3 is 1. The van der Waals surface area contributed by atoms with Gasteiger partial charge in [0.2, 0.25) is 0 Å². The standard InChI is InChI=1S/C22H25Cl2NO4/c1-28-15-3-4-16-19(26)12-22(29-21(16)11-15)6-8-25(9-7-22)13-20(27)14-2-5-17(23)18(24)10-14/h2-5,10-11,19-20,26-27H,6-9,12-13H2,1H3/t19-,20-/m1/s1. The van der Waals surface area contributed by atoms with Gasteiger partial charge < -0.3 is 24.6 Å². The maximum atomic E-state index is 10.7. The molecular weight excluding hydrogens is 413 g/mol. The second-order valence-electron chi connectivity index (χ2n) is 7.90. The Hall–Kier alpha value is -1.50. The van der Waals surface area contributed by atoms with Crippen LogP contribution in [0.15, 0.2) is 36.4 Å². The Morgan fingerprint density at radius 2 is 1.93 bits per heavy atom. The predicted octanol–water partition coefficient (Wildman–Crippen LogP) is 4.39. The number of piperidine rings is 1. The lowest BCUT2D eigenvalue weighted by Crippen LogP contribution is -2.51. The molecule has 1 saturated heterocycles. The average Bonchev–Trinajstić information content (AvgIpc) is 2.71. The number of likely N-dealkylation sites (tertiary alicyclic amines) is 1. The molecule has 2 aromatic rings. The highest BCUT2D eigenvalue weighted by atomic mass is 35.5. The van der Waals surface area contributed by atoms with Crippen molar-refractivity contribution in [2.24, 2.45) is 0 Å². The molecule has 29 heavy (non-hydrogen) atoms. The zero-order chi connectivity index (χ0) is 20.6. The maximum absolute atomic E-state index is 10.7. The molecule has 156 valence electrons. The van der Waals surface area contributed by atoms with E-state index < -0.39 is 12.2 Å². The van der Waals surface area contributed by atoms with Crippen LogP contribution in [-0.2, 0) is 0 Å². The number of β-amino-alcohol motifs (C(OH)–C–C–N with tert-alkyl or cyclic N) is 1. The first-order chi connectivity index (χ1) is 13.9. The van der Waals surface area contributed by atoms with Gasteiger partial charge in [0.1, 0.15) is 17.1 Å². The monoisotopic (exact) mass is 437 g/mol. The summed E-state index contributed by atoms with van der Waals surface area (Å²) in [5.74, 6) is 1.42. The Balaban J connectivity index is 1.40. The molecule has 0 unspecified atom stereocenters. The fourth-order valence-electron chi connectivity index (χ4n) is 4.26. The van der Waals surface area contributed by atoms with E-state index >= 15 is 0 Å². The van der Waals surface area contributed by atoms with Crippen LogP contribution in [0.2, 0.25) is 10.0 Å². The zero-order valence-electron chi connectivity index (χ0n) is 16.3. The molecule has 0 aromatic heterocycles. The summed E-state index contributed by atoms with van der Waals surface area (Å²) in [5.41, 5.74) is 1.18. The van der Waals surface area contributed by atoms with Gasteiger partial charge in [0.15, 0.2) is 0 Å². The summed E-state index contributed by atoms with van der Waals surface area (Å²) in [7, 11) is 1.62. The summed E-state index contributed by atoms with van der Waals surface area (Å²) in [6, 6.07) is 10.8. The molecule has 7 heteroatoms. The van der Waals surface area contributed by atoms with Crippen LogP contribution in [0.1, 0.15) is 42.6 Å². The number of halogens is 2. The third-order valence-corrected chi connectivity index (χ3v) is 6.74. The van der Waals surface area contributed by atoms with E-state index in [0.717, 1.165) is 42.8 Å². The molecule has 5 nitrogen and oxygen atoms in total. The highest BCUT2D eigenvalue weighted by Crippen LogP contribution is 2.45. The molecule has 0 bridgehead atoms. The van der Waals surface area contributed by atoms with Crippen molar-refractivity contribution in [3.63, 3.8) is 0 Å². The number of ether oxygens (including phenoxy) is 2. The van der Waals surface area contributed by atoms with Gasteiger partial charge in [-0.3, -0.25) is 0 Å². The Morgan fingerprint density at radius 1 is 1.17 bits per heavy atom. The summed E-state index contributed by atoms with van der Waals surface area (Å²) >= 11 is 12.0. The quantitative estimate of drug-likeness (QED) is 0.742. The van der Waals surface area contributed by atoms with Crippen molar-refractivity contribution in [2.75, 3.05) is 26.7 Å². The van der Waals surface area contributed by atoms with Gasteiger partial charge in [-0.2, -0.15) is 0 Å². The molecule has 2 heterocycles. The molecule has 4 rings (SSSR count). The highest BCUT2D eigenvalue weighted by Gasteiger charge is 2.43. The molecule has 0 amide bonds. The third kappa shape index (κ3) is 4.35. The van der Waals surface area contributed by atoms with E-state index in [-0.39, 0.29) is 5.60 Å². The minimum Gasteiger partial charge on any atom is -0.497 e. The van der Waals surface area contributed by atoms with E-state index in [9.17, 15) is 10.2 Å². The highest BCUT2D eigenvalue weighted by molar-refractivity contribution is 6.42. The van der Waals surface area contributed by atoms with Crippen LogP contribution in [0.25, 0.3) is 0 Å². The van der Waals surface area contributed by atoms with Crippen LogP contribution in [-0.4, -0.2) is 47.5 Å². The Bertz CT molecular complexity index is 883. The number of aliphatic hydroxyl groups is 2. The Kier molecular flexibility index (Phi) is 5.96. The zero-order valence-corrected chi connectivity index (χ0v) is 17.8. The summed E-state index contributed by atoms with van der Waals surface area (Å²) in [6.45, 7) is 2.08. The summed E-state index contributed by atoms with van der Waals surface area (Å²) < 4.78 is 11.7. The van der Waals surface area contributed by atoms with Gasteiger partial charge in [-0.05, 0) is 42.7 Å². The van der Waals surface area contributed by atoms with E-state index in [4.69, 9.17) is 32.7 Å². The van der Waals surface area contributed by atoms with Gasteiger partial charge in [0, 0.05) is 37.7 Å². The van der Waals surface area contributed by atoms with Crippen LogP contribution < -0.4 is 9.47 Å². The molecule has 2 aromatic carbocycles. The molecule has 2 aliphatic heterocycles. The lowest BCUT2D eigenvalue weighted by atomic mass is 9.81. The van der Waals surface area contributed by atoms with Crippen molar-refractivity contribution in [1.82, 2.24) is 4.90 Å². The number of rotatable bonds is 4. The summed E-state index contributed by atoms with van der Waals surface area (Å²) in [6.07, 6.45) is 0.971. The first kappa shape index (κ1) is 20.8. The number of aliphatic hydroxyl groups excluding tert-OH is 2. The van der Waals surface area contributed by atoms with Crippen LogP contribution in [0.5, 0.6) is 11.5 Å². The minimum atomic E-state index is -0.637. The van der Waals surface area contributed by atoms with Crippen LogP contribution in [0.4, 0.5) is 0 Å². The van der Waals surface area contributed by atoms with E-state index in [1.54, 1.807) is 25.3 Å². The number of fused-ring (bicyclic) bond motifs is 1. The number of hydrogen-bond acceptors (Lipinski definition) is 5. The van der Waals surface area contributed by atoms with Crippen molar-refractivity contribution >= 4 is 23.2 Å².